The second kappa shape index (κ2) is 3.85. The Morgan fingerprint density at radius 3 is 2.15 bits per heavy atom. The molecule has 0 unspecified atom stereocenters. The summed E-state index contributed by atoms with van der Waals surface area (Å²) in [4.78, 5) is 1.55. The van der Waals surface area contributed by atoms with Gasteiger partial charge in [0.1, 0.15) is 0 Å². The van der Waals surface area contributed by atoms with Crippen LogP contribution in [0.3, 0.4) is 0 Å². The maximum atomic E-state index is 4.22. The topological polar surface area (TPSA) is 30.7 Å². The molecule has 0 aliphatic carbocycles. The molecule has 13 heavy (non-hydrogen) atoms. The van der Waals surface area contributed by atoms with Gasteiger partial charge in [-0.2, -0.15) is 15.0 Å². The van der Waals surface area contributed by atoms with Crippen LogP contribution in [0.4, 0.5) is 0 Å². The molecule has 1 aromatic heterocycles. The number of nitrogens with zero attached hydrogens (tertiary/aromatic N) is 3. The number of hydrogen-bond donors (Lipinski definition) is 0. The summed E-state index contributed by atoms with van der Waals surface area (Å²) in [6, 6.07) is 0. The van der Waals surface area contributed by atoms with Crippen LogP contribution in [0, 0.1) is 13.8 Å². The molecule has 1 heterocycles. The van der Waals surface area contributed by atoms with E-state index in [0.717, 1.165) is 17.1 Å². The molecule has 3 nitrogen and oxygen atoms in total. The van der Waals surface area contributed by atoms with E-state index in [4.69, 9.17) is 0 Å². The highest BCUT2D eigenvalue weighted by Crippen LogP contribution is 2.05. The predicted octanol–water partition coefficient (Wildman–Crippen LogP) is 2.11. The molecular weight excluding hydrogens is 162 g/mol. The highest BCUT2D eigenvalue weighted by atomic mass is 15.5. The van der Waals surface area contributed by atoms with E-state index in [9.17, 15) is 0 Å². The molecule has 68 valence electrons. The first-order valence-corrected chi connectivity index (χ1v) is 4.05. The Balaban J connectivity index is 3.12. The molecule has 0 saturated carbocycles. The van der Waals surface area contributed by atoms with Crippen LogP contribution in [-0.2, 0) is 0 Å². The minimum absolute atomic E-state index is 0.825. The molecule has 0 aliphatic heterocycles. The fourth-order valence-corrected chi connectivity index (χ4v) is 0.904. The molecule has 0 saturated heterocycles. The summed E-state index contributed by atoms with van der Waals surface area (Å²) in [6.07, 6.45) is 5.19. The zero-order valence-electron chi connectivity index (χ0n) is 7.99. The normalized spacial score (nSPS) is 11.4. The Morgan fingerprint density at radius 1 is 1.23 bits per heavy atom. The van der Waals surface area contributed by atoms with Crippen molar-refractivity contribution in [2.45, 2.75) is 13.8 Å². The summed E-state index contributed by atoms with van der Waals surface area (Å²) in [5.41, 5.74) is 2.68. The van der Waals surface area contributed by atoms with Gasteiger partial charge in [0.2, 0.25) is 0 Å². The van der Waals surface area contributed by atoms with Crippen molar-refractivity contribution in [3.63, 3.8) is 0 Å². The second-order valence-corrected chi connectivity index (χ2v) is 2.69. The summed E-state index contributed by atoms with van der Waals surface area (Å²) in [6.45, 7) is 11.1. The van der Waals surface area contributed by atoms with Gasteiger partial charge in [-0.05, 0) is 26.0 Å². The molecule has 0 spiro atoms. The first kappa shape index (κ1) is 9.45. The Morgan fingerprint density at radius 2 is 1.77 bits per heavy atom. The number of aryl methyl sites for hydroxylation is 2. The van der Waals surface area contributed by atoms with Gasteiger partial charge in [0.25, 0.3) is 0 Å². The predicted molar refractivity (Wildman–Crippen MR) is 54.2 cm³/mol. The maximum absolute atomic E-state index is 4.22. The molecule has 0 N–H and O–H groups in total. The molecule has 0 bridgehead atoms. The van der Waals surface area contributed by atoms with Crippen LogP contribution in [-0.4, -0.2) is 15.0 Å². The summed E-state index contributed by atoms with van der Waals surface area (Å²) in [5.74, 6) is 0. The highest BCUT2D eigenvalue weighted by molar-refractivity contribution is 5.56. The van der Waals surface area contributed by atoms with Crippen LogP contribution in [0.1, 0.15) is 11.4 Å². The average molecular weight is 175 g/mol. The first-order chi connectivity index (χ1) is 6.19. The first-order valence-electron chi connectivity index (χ1n) is 4.05. The largest absolute Gasteiger partial charge is 0.153 e. The van der Waals surface area contributed by atoms with Crippen LogP contribution in [0.2, 0.25) is 0 Å². The van der Waals surface area contributed by atoms with Gasteiger partial charge in [0, 0.05) is 0 Å². The van der Waals surface area contributed by atoms with Crippen molar-refractivity contribution in [2.75, 3.05) is 0 Å². The summed E-state index contributed by atoms with van der Waals surface area (Å²) in [7, 11) is 0. The molecule has 0 atom stereocenters. The van der Waals surface area contributed by atoms with Crippen LogP contribution in [0.25, 0.3) is 5.70 Å². The molecule has 0 fully saturated rings. The van der Waals surface area contributed by atoms with Crippen LogP contribution < -0.4 is 0 Å². The zero-order chi connectivity index (χ0) is 9.84. The third-order valence-corrected chi connectivity index (χ3v) is 1.74. The van der Waals surface area contributed by atoms with E-state index in [1.165, 1.54) is 0 Å². The number of aromatic nitrogens is 3. The Kier molecular flexibility index (Phi) is 2.80. The van der Waals surface area contributed by atoms with Gasteiger partial charge >= 0.3 is 0 Å². The fraction of sp³-hybridized carbons (Fsp3) is 0.200. The Labute approximate surface area is 78.1 Å². The zero-order valence-corrected chi connectivity index (χ0v) is 7.99. The van der Waals surface area contributed by atoms with Crippen LogP contribution in [0.5, 0.6) is 0 Å². The molecular formula is C10H13N3. The monoisotopic (exact) mass is 175 g/mol. The van der Waals surface area contributed by atoms with Gasteiger partial charge in [-0.15, -0.1) is 0 Å². The third kappa shape index (κ3) is 1.93. The minimum atomic E-state index is 0.825. The molecule has 0 radical (unpaired) electrons. The van der Waals surface area contributed by atoms with E-state index in [0.29, 0.717) is 0 Å². The Hall–Kier alpha value is -1.64. The summed E-state index contributed by atoms with van der Waals surface area (Å²) < 4.78 is 0. The van der Waals surface area contributed by atoms with Crippen LogP contribution in [0.15, 0.2) is 31.4 Å². The van der Waals surface area contributed by atoms with Crippen molar-refractivity contribution < 1.29 is 0 Å². The quantitative estimate of drug-likeness (QED) is 0.659. The van der Waals surface area contributed by atoms with Crippen molar-refractivity contribution in [3.8, 4) is 0 Å². The third-order valence-electron chi connectivity index (χ3n) is 1.74. The van der Waals surface area contributed by atoms with Crippen molar-refractivity contribution in [3.05, 3.63) is 42.8 Å². The molecule has 1 aromatic rings. The maximum Gasteiger partial charge on any atom is 0.0850 e. The molecule has 0 amide bonds. The standard InChI is InChI=1S/C10H13N3/c1-5-7-10(6-2)13-11-8(3)9(4)12-13/h5-7H,1-2H2,3-4H3/b10-7+. The van der Waals surface area contributed by atoms with Crippen molar-refractivity contribution in [2.24, 2.45) is 0 Å². The van der Waals surface area contributed by atoms with E-state index in [1.807, 2.05) is 19.9 Å². The van der Waals surface area contributed by atoms with Crippen molar-refractivity contribution >= 4 is 5.70 Å². The van der Waals surface area contributed by atoms with E-state index in [-0.39, 0.29) is 0 Å². The van der Waals surface area contributed by atoms with Gasteiger partial charge in [0.05, 0.1) is 17.1 Å². The number of allylic oxidation sites excluding steroid dienone is 4. The van der Waals surface area contributed by atoms with E-state index in [2.05, 4.69) is 23.4 Å². The highest BCUT2D eigenvalue weighted by Gasteiger charge is 2.02. The molecule has 0 aliphatic rings. The molecule has 0 aromatic carbocycles. The van der Waals surface area contributed by atoms with E-state index < -0.39 is 0 Å². The van der Waals surface area contributed by atoms with E-state index >= 15 is 0 Å². The van der Waals surface area contributed by atoms with Gasteiger partial charge in [-0.25, -0.2) is 0 Å². The number of rotatable bonds is 3. The lowest BCUT2D eigenvalue weighted by atomic mass is 10.4. The SMILES string of the molecule is C=C/C=C(\C=C)n1nc(C)c(C)n1. The number of hydrogen-bond acceptors (Lipinski definition) is 2. The lowest BCUT2D eigenvalue weighted by molar-refractivity contribution is 0.765. The van der Waals surface area contributed by atoms with Gasteiger partial charge < -0.3 is 0 Å². The molecule has 3 heteroatoms. The second-order valence-electron chi connectivity index (χ2n) is 2.69. The fourth-order valence-electron chi connectivity index (χ4n) is 0.904. The molecule has 1 rings (SSSR count). The van der Waals surface area contributed by atoms with Gasteiger partial charge in [-0.1, -0.05) is 19.2 Å². The van der Waals surface area contributed by atoms with E-state index in [1.54, 1.807) is 16.9 Å². The van der Waals surface area contributed by atoms with Crippen LogP contribution >= 0.6 is 0 Å². The van der Waals surface area contributed by atoms with Crippen molar-refractivity contribution in [1.29, 1.82) is 0 Å². The lowest BCUT2D eigenvalue weighted by Crippen LogP contribution is -1.99. The Bertz CT molecular complexity index is 339. The van der Waals surface area contributed by atoms with Gasteiger partial charge in [0.15, 0.2) is 0 Å². The minimum Gasteiger partial charge on any atom is -0.153 e. The van der Waals surface area contributed by atoms with Crippen molar-refractivity contribution in [1.82, 2.24) is 15.0 Å². The lowest BCUT2D eigenvalue weighted by Gasteiger charge is -1.96. The van der Waals surface area contributed by atoms with Gasteiger partial charge in [-0.3, -0.25) is 0 Å². The summed E-state index contributed by atoms with van der Waals surface area (Å²) in [5, 5.41) is 8.44. The average Bonchev–Trinajstić information content (AvgIpc) is 2.43. The smallest absolute Gasteiger partial charge is 0.0850 e. The summed E-state index contributed by atoms with van der Waals surface area (Å²) >= 11 is 0.